The summed E-state index contributed by atoms with van der Waals surface area (Å²) in [5.41, 5.74) is 13.2. The topological polar surface area (TPSA) is 149 Å². The van der Waals surface area contributed by atoms with E-state index in [1.54, 1.807) is 0 Å². The maximum Gasteiger partial charge on any atom is 0.337 e. The molecule has 4 rings (SSSR count). The Labute approximate surface area is 276 Å². The van der Waals surface area contributed by atoms with E-state index in [4.69, 9.17) is 25.0 Å². The number of ether oxygens (including phenoxy) is 2. The summed E-state index contributed by atoms with van der Waals surface area (Å²) in [5, 5.41) is 3.91. The summed E-state index contributed by atoms with van der Waals surface area (Å²) >= 11 is 0. The van der Waals surface area contributed by atoms with E-state index in [0.29, 0.717) is 17.8 Å². The molecular formula is C35H41N6O5S+. The summed E-state index contributed by atoms with van der Waals surface area (Å²) in [6.07, 6.45) is 0.456. The molecule has 1 heterocycles. The predicted molar refractivity (Wildman–Crippen MR) is 180 cm³/mol. The summed E-state index contributed by atoms with van der Waals surface area (Å²) in [6.45, 7) is 10.3. The molecule has 0 aliphatic carbocycles. The number of benzene rings is 3. The summed E-state index contributed by atoms with van der Waals surface area (Å²) < 4.78 is 39.7. The molecule has 12 heteroatoms. The van der Waals surface area contributed by atoms with Crippen molar-refractivity contribution in [2.24, 2.45) is 5.11 Å². The Kier molecular flexibility index (Phi) is 11.0. The Morgan fingerprint density at radius 2 is 1.64 bits per heavy atom. The molecule has 0 bridgehead atoms. The maximum absolute atomic E-state index is 14.2. The average molecular weight is 658 g/mol. The molecule has 1 unspecified atom stereocenters. The minimum Gasteiger partial charge on any atom is -0.465 e. The van der Waals surface area contributed by atoms with Crippen molar-refractivity contribution in [1.82, 2.24) is 14.9 Å². The third-order valence-electron chi connectivity index (χ3n) is 7.91. The lowest BCUT2D eigenvalue weighted by molar-refractivity contribution is 0.0600. The highest BCUT2D eigenvalue weighted by atomic mass is 32.2. The van der Waals surface area contributed by atoms with Crippen molar-refractivity contribution >= 4 is 21.9 Å². The van der Waals surface area contributed by atoms with E-state index in [1.165, 1.54) is 38.5 Å². The summed E-state index contributed by atoms with van der Waals surface area (Å²) in [4.78, 5) is 25.0. The summed E-state index contributed by atoms with van der Waals surface area (Å²) in [7, 11) is -1.72. The number of methoxy groups -OCH3 is 2. The Hall–Kier alpha value is -4.77. The van der Waals surface area contributed by atoms with E-state index < -0.39 is 22.7 Å². The first-order valence-corrected chi connectivity index (χ1v) is 16.5. The highest BCUT2D eigenvalue weighted by Crippen LogP contribution is 2.35. The van der Waals surface area contributed by atoms with Crippen LogP contribution in [-0.4, -0.2) is 51.9 Å². The van der Waals surface area contributed by atoms with Gasteiger partial charge in [0.15, 0.2) is 0 Å². The van der Waals surface area contributed by atoms with Crippen molar-refractivity contribution in [3.05, 3.63) is 106 Å². The molecule has 1 atom stereocenters. The molecule has 0 spiro atoms. The number of aryl methyl sites for hydroxylation is 2. The van der Waals surface area contributed by atoms with Crippen molar-refractivity contribution in [2.45, 2.75) is 57.3 Å². The minimum atomic E-state index is -4.33. The molecule has 0 aliphatic rings. The van der Waals surface area contributed by atoms with Crippen LogP contribution < -0.4 is 9.22 Å². The lowest BCUT2D eigenvalue weighted by Crippen LogP contribution is -2.35. The first-order valence-electron chi connectivity index (χ1n) is 15.1. The number of aromatic nitrogens is 2. The average Bonchev–Trinajstić information content (AvgIpc) is 3.04. The fourth-order valence-electron chi connectivity index (χ4n) is 5.41. The number of carbonyl (C=O) groups is 1. The third-order valence-corrected chi connectivity index (χ3v) is 9.61. The second-order valence-corrected chi connectivity index (χ2v) is 14.1. The highest BCUT2D eigenvalue weighted by Gasteiger charge is 2.31. The zero-order valence-electron chi connectivity index (χ0n) is 27.8. The van der Waals surface area contributed by atoms with Crippen molar-refractivity contribution < 1.29 is 22.7 Å². The van der Waals surface area contributed by atoms with Crippen LogP contribution in [0.25, 0.3) is 11.3 Å². The molecule has 1 N–H and O–H groups in total. The van der Waals surface area contributed by atoms with Gasteiger partial charge in [-0.3, -0.25) is 0 Å². The van der Waals surface area contributed by atoms with Crippen LogP contribution in [-0.2, 0) is 24.9 Å². The smallest absolute Gasteiger partial charge is 0.337 e. The number of nitrogens with one attached hydrogen (secondary N) is 1. The fourth-order valence-corrected chi connectivity index (χ4v) is 6.73. The molecule has 47 heavy (non-hydrogen) atoms. The Balaban J connectivity index is 1.98. The molecule has 0 saturated carbocycles. The largest absolute Gasteiger partial charge is 0.465 e. The Bertz CT molecular complexity index is 1880. The van der Waals surface area contributed by atoms with E-state index in [2.05, 4.69) is 42.9 Å². The van der Waals surface area contributed by atoms with Crippen molar-refractivity contribution in [3.63, 3.8) is 0 Å². The number of hydrogen-bond acceptors (Lipinski definition) is 9. The molecule has 11 nitrogen and oxygen atoms in total. The second kappa shape index (κ2) is 14.8. The number of rotatable bonds is 12. The number of anilines is 1. The standard InChI is InChI=1S/C35H41N6O5S/c1-23-10-8-11-24(2)32(23)31-21-30(29(18-19-37-40-36)25-14-16-27(17-15-25)35(3,4)5)38-34(39-31)41(22-45-6)47(43,44)28-13-9-12-26(20-28)33(42)46-7/h8-17,20-21,29,36H,18-19,22H2,1-7H3/q+1. The minimum absolute atomic E-state index is 0.0503. The number of nitrogens with zero attached hydrogens (tertiary/aromatic N) is 5. The van der Waals surface area contributed by atoms with Gasteiger partial charge in [-0.05, 0) is 72.2 Å². The van der Waals surface area contributed by atoms with Gasteiger partial charge in [-0.25, -0.2) is 27.5 Å². The quantitative estimate of drug-likeness (QED) is 0.0770. The first-order chi connectivity index (χ1) is 22.3. The zero-order valence-corrected chi connectivity index (χ0v) is 28.6. The van der Waals surface area contributed by atoms with Gasteiger partial charge in [0.25, 0.3) is 10.0 Å². The van der Waals surface area contributed by atoms with Gasteiger partial charge in [-0.15, -0.1) is 0 Å². The van der Waals surface area contributed by atoms with E-state index in [0.717, 1.165) is 32.1 Å². The van der Waals surface area contributed by atoms with Gasteiger partial charge >= 0.3 is 5.97 Å². The molecule has 4 aromatic rings. The normalized spacial score (nSPS) is 12.2. The number of esters is 1. The Morgan fingerprint density at radius 1 is 0.979 bits per heavy atom. The molecule has 246 valence electrons. The maximum atomic E-state index is 14.2. The number of carbonyl (C=O) groups excluding carboxylic acids is 1. The highest BCUT2D eigenvalue weighted by molar-refractivity contribution is 7.92. The van der Waals surface area contributed by atoms with Crippen molar-refractivity contribution in [2.75, 3.05) is 31.8 Å². The van der Waals surface area contributed by atoms with Gasteiger partial charge in [0.2, 0.25) is 10.9 Å². The van der Waals surface area contributed by atoms with Gasteiger partial charge in [-0.1, -0.05) is 69.3 Å². The molecule has 0 radical (unpaired) electrons. The zero-order chi connectivity index (χ0) is 34.4. The lowest BCUT2D eigenvalue weighted by Gasteiger charge is -2.25. The monoisotopic (exact) mass is 657 g/mol. The van der Waals surface area contributed by atoms with Gasteiger partial charge in [0.05, 0.1) is 29.0 Å². The van der Waals surface area contributed by atoms with E-state index in [1.807, 2.05) is 50.2 Å². The van der Waals surface area contributed by atoms with Crippen LogP contribution >= 0.6 is 0 Å². The number of sulfonamides is 1. The first kappa shape index (κ1) is 35.1. The molecule has 1 aromatic heterocycles. The molecule has 3 aromatic carbocycles. The SMILES string of the molecule is COCN(c1nc(-c2c(C)cccc2C)cc(C(CCN=[N+]=N)c2ccc(C(C)(C)C)cc2)n1)S(=O)(=O)c1cccc(C(=O)OC)c1. The molecule has 0 fully saturated rings. The van der Waals surface area contributed by atoms with E-state index >= 15 is 0 Å². The lowest BCUT2D eigenvalue weighted by atomic mass is 9.84. The van der Waals surface area contributed by atoms with Crippen LogP contribution in [0.4, 0.5) is 5.95 Å². The predicted octanol–water partition coefficient (Wildman–Crippen LogP) is 6.72. The van der Waals surface area contributed by atoms with Crippen molar-refractivity contribution in [3.8, 4) is 11.3 Å². The van der Waals surface area contributed by atoms with Crippen molar-refractivity contribution in [1.29, 1.82) is 5.53 Å². The van der Waals surface area contributed by atoms with Gasteiger partial charge in [0, 0.05) is 18.6 Å². The second-order valence-electron chi connectivity index (χ2n) is 12.2. The van der Waals surface area contributed by atoms with Crippen LogP contribution in [0.2, 0.25) is 0 Å². The van der Waals surface area contributed by atoms with E-state index in [-0.39, 0.29) is 34.3 Å². The van der Waals surface area contributed by atoms with E-state index in [9.17, 15) is 13.2 Å². The molecule has 0 aliphatic heterocycles. The fraction of sp³-hybridized carbons (Fsp3) is 0.343. The van der Waals surface area contributed by atoms with Gasteiger partial charge in [0.1, 0.15) is 23.9 Å². The molecular weight excluding hydrogens is 616 g/mol. The van der Waals surface area contributed by atoms with Crippen LogP contribution in [0, 0.1) is 19.4 Å². The summed E-state index contributed by atoms with van der Waals surface area (Å²) in [6, 6.07) is 21.7. The van der Waals surface area contributed by atoms with Crippen LogP contribution in [0.5, 0.6) is 0 Å². The Morgan fingerprint density at radius 3 is 2.23 bits per heavy atom. The third kappa shape index (κ3) is 7.97. The van der Waals surface area contributed by atoms with Gasteiger partial charge < -0.3 is 9.47 Å². The van der Waals surface area contributed by atoms with Crippen LogP contribution in [0.15, 0.2) is 82.8 Å². The van der Waals surface area contributed by atoms with Gasteiger partial charge in [-0.2, -0.15) is 0 Å². The van der Waals surface area contributed by atoms with Crippen LogP contribution in [0.1, 0.15) is 71.4 Å². The van der Waals surface area contributed by atoms with Crippen LogP contribution in [0.3, 0.4) is 0 Å². The number of hydrogen-bond donors (Lipinski definition) is 1. The molecule has 0 amide bonds. The molecule has 0 saturated heterocycles. The summed E-state index contributed by atoms with van der Waals surface area (Å²) in [5.74, 6) is -1.10.